The fourth-order valence-electron chi connectivity index (χ4n) is 1.85. The molecule has 0 saturated carbocycles. The number of benzene rings is 1. The molecule has 1 aromatic carbocycles. The Morgan fingerprint density at radius 2 is 1.90 bits per heavy atom. The highest BCUT2D eigenvalue weighted by atomic mass is 32.2. The zero-order valence-corrected chi connectivity index (χ0v) is 12.6. The Hall–Kier alpha value is -1.05. The molecule has 1 atom stereocenters. The van der Waals surface area contributed by atoms with Gasteiger partial charge in [-0.3, -0.25) is 0 Å². The Labute approximate surface area is 118 Å². The lowest BCUT2D eigenvalue weighted by Crippen LogP contribution is -2.39. The molecular weight excluding hydrogens is 286 g/mol. The highest BCUT2D eigenvalue weighted by Crippen LogP contribution is 2.20. The molecule has 0 heterocycles. The van der Waals surface area contributed by atoms with Gasteiger partial charge in [0.05, 0.1) is 0 Å². The summed E-state index contributed by atoms with van der Waals surface area (Å²) in [6.07, 6.45) is 0.613. The number of hydrogen-bond acceptors (Lipinski definition) is 3. The van der Waals surface area contributed by atoms with Gasteiger partial charge in [0.15, 0.2) is 0 Å². The monoisotopic (exact) mass is 306 g/mol. The largest absolute Gasteiger partial charge is 0.326 e. The third kappa shape index (κ3) is 5.15. The van der Waals surface area contributed by atoms with Gasteiger partial charge in [0.2, 0.25) is 10.0 Å². The first kappa shape index (κ1) is 17.0. The van der Waals surface area contributed by atoms with Crippen LogP contribution >= 0.6 is 0 Å². The average molecular weight is 306 g/mol. The normalized spacial score (nSPS) is 14.3. The van der Waals surface area contributed by atoms with E-state index in [-0.39, 0.29) is 18.0 Å². The van der Waals surface area contributed by atoms with Gasteiger partial charge < -0.3 is 5.73 Å². The van der Waals surface area contributed by atoms with E-state index in [0.29, 0.717) is 12.5 Å². The number of rotatable bonds is 5. The highest BCUT2D eigenvalue weighted by Gasteiger charge is 2.22. The summed E-state index contributed by atoms with van der Waals surface area (Å²) in [5, 5.41) is 0. The van der Waals surface area contributed by atoms with E-state index in [0.717, 1.165) is 12.1 Å². The molecule has 0 saturated heterocycles. The van der Waals surface area contributed by atoms with Crippen LogP contribution in [0.15, 0.2) is 23.1 Å². The maximum absolute atomic E-state index is 13.5. The molecule has 0 aliphatic heterocycles. The van der Waals surface area contributed by atoms with Crippen LogP contribution in [0.25, 0.3) is 0 Å². The molecule has 0 spiro atoms. The molecule has 0 aromatic heterocycles. The smallest absolute Gasteiger partial charge is 0.243 e. The van der Waals surface area contributed by atoms with Crippen LogP contribution in [0.5, 0.6) is 0 Å². The van der Waals surface area contributed by atoms with E-state index in [9.17, 15) is 17.2 Å². The summed E-state index contributed by atoms with van der Waals surface area (Å²) in [5.41, 5.74) is 5.79. The minimum atomic E-state index is -4.03. The van der Waals surface area contributed by atoms with Crippen LogP contribution in [-0.2, 0) is 10.0 Å². The number of sulfonamides is 1. The summed E-state index contributed by atoms with van der Waals surface area (Å²) in [4.78, 5) is -0.582. The summed E-state index contributed by atoms with van der Waals surface area (Å²) in [6.45, 7) is 5.96. The summed E-state index contributed by atoms with van der Waals surface area (Å²) in [7, 11) is -4.03. The minimum Gasteiger partial charge on any atom is -0.326 e. The van der Waals surface area contributed by atoms with Gasteiger partial charge >= 0.3 is 0 Å². The zero-order chi connectivity index (χ0) is 15.6. The van der Waals surface area contributed by atoms with E-state index in [1.54, 1.807) is 0 Å². The van der Waals surface area contributed by atoms with Crippen molar-refractivity contribution >= 4 is 10.0 Å². The van der Waals surface area contributed by atoms with E-state index < -0.39 is 26.6 Å². The quantitative estimate of drug-likeness (QED) is 0.874. The molecule has 1 unspecified atom stereocenters. The van der Waals surface area contributed by atoms with Crippen molar-refractivity contribution in [2.75, 3.05) is 6.54 Å². The van der Waals surface area contributed by atoms with Crippen molar-refractivity contribution in [3.63, 3.8) is 0 Å². The van der Waals surface area contributed by atoms with Gasteiger partial charge in [-0.2, -0.15) is 0 Å². The molecule has 20 heavy (non-hydrogen) atoms. The molecule has 3 N–H and O–H groups in total. The number of nitrogens with one attached hydrogen (secondary N) is 1. The van der Waals surface area contributed by atoms with Crippen LogP contribution in [0.3, 0.4) is 0 Å². The molecule has 4 nitrogen and oxygen atoms in total. The van der Waals surface area contributed by atoms with Gasteiger partial charge in [-0.1, -0.05) is 20.8 Å². The van der Waals surface area contributed by atoms with Crippen molar-refractivity contribution in [3.8, 4) is 0 Å². The van der Waals surface area contributed by atoms with Crippen molar-refractivity contribution in [1.29, 1.82) is 0 Å². The fourth-order valence-corrected chi connectivity index (χ4v) is 3.00. The highest BCUT2D eigenvalue weighted by molar-refractivity contribution is 7.89. The SMILES string of the molecule is CC(C)(C)CC(N)CNS(=O)(=O)c1ccc(F)cc1F. The molecule has 0 fully saturated rings. The molecular formula is C13H20F2N2O2S. The molecule has 0 aliphatic rings. The molecule has 0 amide bonds. The van der Waals surface area contributed by atoms with Crippen molar-refractivity contribution in [3.05, 3.63) is 29.8 Å². The number of hydrogen-bond donors (Lipinski definition) is 2. The van der Waals surface area contributed by atoms with E-state index in [2.05, 4.69) is 4.72 Å². The summed E-state index contributed by atoms with van der Waals surface area (Å²) < 4.78 is 52.3. The summed E-state index contributed by atoms with van der Waals surface area (Å²) in [6, 6.07) is 1.94. The van der Waals surface area contributed by atoms with Crippen molar-refractivity contribution in [2.45, 2.75) is 38.1 Å². The van der Waals surface area contributed by atoms with Gasteiger partial charge in [0, 0.05) is 18.7 Å². The van der Waals surface area contributed by atoms with Crippen molar-refractivity contribution in [1.82, 2.24) is 4.72 Å². The van der Waals surface area contributed by atoms with Gasteiger partial charge in [-0.05, 0) is 24.0 Å². The molecule has 0 bridgehead atoms. The summed E-state index contributed by atoms with van der Waals surface area (Å²) in [5.74, 6) is -1.95. The lowest BCUT2D eigenvalue weighted by atomic mass is 9.88. The maximum atomic E-state index is 13.5. The molecule has 0 aliphatic carbocycles. The van der Waals surface area contributed by atoms with Gasteiger partial charge in [0.25, 0.3) is 0 Å². The minimum absolute atomic E-state index is 0.00355. The van der Waals surface area contributed by atoms with Crippen LogP contribution in [0.4, 0.5) is 8.78 Å². The molecule has 7 heteroatoms. The second-order valence-corrected chi connectivity index (χ2v) is 7.69. The predicted octanol–water partition coefficient (Wildman–Crippen LogP) is 2.01. The van der Waals surface area contributed by atoms with E-state index in [4.69, 9.17) is 5.73 Å². The predicted molar refractivity (Wildman–Crippen MR) is 73.6 cm³/mol. The van der Waals surface area contributed by atoms with Crippen LogP contribution in [0.2, 0.25) is 0 Å². The fraction of sp³-hybridized carbons (Fsp3) is 0.538. The second kappa shape index (κ2) is 6.15. The van der Waals surface area contributed by atoms with E-state index >= 15 is 0 Å². The molecule has 1 rings (SSSR count). The first-order valence-electron chi connectivity index (χ1n) is 6.21. The van der Waals surface area contributed by atoms with E-state index in [1.807, 2.05) is 20.8 Å². The first-order chi connectivity index (χ1) is 9.01. The van der Waals surface area contributed by atoms with Gasteiger partial charge in [0.1, 0.15) is 16.5 Å². The Balaban J connectivity index is 2.76. The Morgan fingerprint density at radius 1 is 1.30 bits per heavy atom. The average Bonchev–Trinajstić information content (AvgIpc) is 2.23. The van der Waals surface area contributed by atoms with Crippen LogP contribution in [0, 0.1) is 17.0 Å². The maximum Gasteiger partial charge on any atom is 0.243 e. The second-order valence-electron chi connectivity index (χ2n) is 5.95. The molecule has 1 aromatic rings. The third-order valence-electron chi connectivity index (χ3n) is 2.59. The summed E-state index contributed by atoms with van der Waals surface area (Å²) >= 11 is 0. The van der Waals surface area contributed by atoms with Gasteiger partial charge in [-0.25, -0.2) is 21.9 Å². The Morgan fingerprint density at radius 3 is 2.40 bits per heavy atom. The van der Waals surface area contributed by atoms with Crippen LogP contribution < -0.4 is 10.5 Å². The standard InChI is InChI=1S/C13H20F2N2O2S/c1-13(2,3)7-10(16)8-17-20(18,19)12-5-4-9(14)6-11(12)15/h4-6,10,17H,7-8,16H2,1-3H3. The Bertz CT molecular complexity index is 568. The molecule has 114 valence electrons. The number of halogens is 2. The third-order valence-corrected chi connectivity index (χ3v) is 4.05. The zero-order valence-electron chi connectivity index (χ0n) is 11.8. The van der Waals surface area contributed by atoms with Crippen LogP contribution in [-0.4, -0.2) is 21.0 Å². The first-order valence-corrected chi connectivity index (χ1v) is 7.70. The van der Waals surface area contributed by atoms with Crippen molar-refractivity contribution in [2.24, 2.45) is 11.1 Å². The topological polar surface area (TPSA) is 72.2 Å². The Kier molecular flexibility index (Phi) is 5.23. The van der Waals surface area contributed by atoms with Crippen molar-refractivity contribution < 1.29 is 17.2 Å². The van der Waals surface area contributed by atoms with Gasteiger partial charge in [-0.15, -0.1) is 0 Å². The van der Waals surface area contributed by atoms with E-state index in [1.165, 1.54) is 0 Å². The van der Waals surface area contributed by atoms with Crippen LogP contribution in [0.1, 0.15) is 27.2 Å². The number of nitrogens with two attached hydrogens (primary N) is 1. The lowest BCUT2D eigenvalue weighted by molar-refractivity contribution is 0.338. The lowest BCUT2D eigenvalue weighted by Gasteiger charge is -2.23. The molecule has 0 radical (unpaired) electrons.